The zero-order valence-electron chi connectivity index (χ0n) is 9.41. The Bertz CT molecular complexity index is 566. The van der Waals surface area contributed by atoms with Crippen LogP contribution in [-0.4, -0.2) is 22.4 Å². The summed E-state index contributed by atoms with van der Waals surface area (Å²) in [6.45, 7) is 1.85. The van der Waals surface area contributed by atoms with E-state index in [1.54, 1.807) is 12.1 Å². The summed E-state index contributed by atoms with van der Waals surface area (Å²) >= 11 is 3.42. The number of nitrogen functional groups attached to an aromatic ring is 1. The van der Waals surface area contributed by atoms with Gasteiger partial charge in [-0.1, -0.05) is 15.9 Å². The lowest BCUT2D eigenvalue weighted by molar-refractivity contribution is 0.371. The Balaban J connectivity index is 2.67. The molecule has 0 atom stereocenters. The quantitative estimate of drug-likeness (QED) is 0.795. The van der Waals surface area contributed by atoms with Gasteiger partial charge < -0.3 is 15.6 Å². The van der Waals surface area contributed by atoms with Gasteiger partial charge in [0.2, 0.25) is 0 Å². The molecule has 1 aromatic heterocycles. The van der Waals surface area contributed by atoms with E-state index in [0.717, 1.165) is 10.0 Å². The number of H-pyrrole nitrogens is 1. The molecule has 90 valence electrons. The topological polar surface area (TPSA) is 84.2 Å². The molecule has 0 radical (unpaired) electrons. The first kappa shape index (κ1) is 11.8. The first-order chi connectivity index (χ1) is 8.04. The summed E-state index contributed by atoms with van der Waals surface area (Å²) in [5.41, 5.74) is 7.60. The molecule has 0 bridgehead atoms. The molecular weight excluding hydrogens is 286 g/mol. The predicted molar refractivity (Wildman–Crippen MR) is 69.1 cm³/mol. The van der Waals surface area contributed by atoms with Crippen LogP contribution in [0.4, 0.5) is 5.82 Å². The second-order valence-electron chi connectivity index (χ2n) is 3.62. The molecule has 17 heavy (non-hydrogen) atoms. The van der Waals surface area contributed by atoms with Crippen LogP contribution in [0.25, 0.3) is 11.3 Å². The first-order valence-corrected chi connectivity index (χ1v) is 5.71. The molecule has 2 rings (SSSR count). The smallest absolute Gasteiger partial charge is 0.167 e. The van der Waals surface area contributed by atoms with Crippen molar-refractivity contribution >= 4 is 21.7 Å². The summed E-state index contributed by atoms with van der Waals surface area (Å²) in [6, 6.07) is 3.44. The van der Waals surface area contributed by atoms with Gasteiger partial charge in [-0.25, -0.2) is 0 Å². The fourth-order valence-corrected chi connectivity index (χ4v) is 2.05. The number of phenols is 1. The van der Waals surface area contributed by atoms with Crippen LogP contribution in [0.15, 0.2) is 16.6 Å². The number of nitrogens with one attached hydrogen (secondary N) is 1. The third-order valence-electron chi connectivity index (χ3n) is 2.53. The highest BCUT2D eigenvalue weighted by atomic mass is 79.9. The number of hydrogen-bond donors (Lipinski definition) is 3. The summed E-state index contributed by atoms with van der Waals surface area (Å²) < 4.78 is 6.02. The highest BCUT2D eigenvalue weighted by molar-refractivity contribution is 9.10. The van der Waals surface area contributed by atoms with Crippen LogP contribution in [-0.2, 0) is 0 Å². The van der Waals surface area contributed by atoms with Gasteiger partial charge in [0.1, 0.15) is 5.82 Å². The van der Waals surface area contributed by atoms with Crippen LogP contribution in [0.1, 0.15) is 5.56 Å². The standard InChI is InChI=1S/C11H12BrN3O2/c1-5-7(12)3-6(10(16)11(5)17-2)8-4-9(13)15-14-8/h3-4,16H,1-2H3,(H3,13,14,15). The molecule has 0 spiro atoms. The maximum atomic E-state index is 10.1. The van der Waals surface area contributed by atoms with E-state index < -0.39 is 0 Å². The lowest BCUT2D eigenvalue weighted by Gasteiger charge is -2.12. The number of ether oxygens (including phenoxy) is 1. The molecule has 0 aliphatic carbocycles. The van der Waals surface area contributed by atoms with E-state index in [0.29, 0.717) is 22.8 Å². The third-order valence-corrected chi connectivity index (χ3v) is 3.36. The monoisotopic (exact) mass is 297 g/mol. The summed E-state index contributed by atoms with van der Waals surface area (Å²) in [7, 11) is 1.51. The Kier molecular flexibility index (Phi) is 2.97. The molecule has 0 aliphatic heterocycles. The van der Waals surface area contributed by atoms with Gasteiger partial charge in [-0.15, -0.1) is 0 Å². The molecule has 4 N–H and O–H groups in total. The number of nitrogens with two attached hydrogens (primary N) is 1. The Morgan fingerprint density at radius 1 is 1.47 bits per heavy atom. The fraction of sp³-hybridized carbons (Fsp3) is 0.182. The van der Waals surface area contributed by atoms with Crippen LogP contribution in [0.3, 0.4) is 0 Å². The van der Waals surface area contributed by atoms with Gasteiger partial charge in [0, 0.05) is 21.7 Å². The van der Waals surface area contributed by atoms with Crippen LogP contribution >= 0.6 is 15.9 Å². The van der Waals surface area contributed by atoms with Crippen molar-refractivity contribution in [1.82, 2.24) is 10.2 Å². The highest BCUT2D eigenvalue weighted by Gasteiger charge is 2.16. The van der Waals surface area contributed by atoms with E-state index in [1.807, 2.05) is 6.92 Å². The second-order valence-corrected chi connectivity index (χ2v) is 4.47. The number of anilines is 1. The fourth-order valence-electron chi connectivity index (χ4n) is 1.64. The molecule has 0 unspecified atom stereocenters. The molecule has 0 saturated heterocycles. The summed E-state index contributed by atoms with van der Waals surface area (Å²) in [5, 5.41) is 16.7. The number of aromatic nitrogens is 2. The normalized spacial score (nSPS) is 10.5. The summed E-state index contributed by atoms with van der Waals surface area (Å²) in [4.78, 5) is 0. The Morgan fingerprint density at radius 3 is 2.71 bits per heavy atom. The van der Waals surface area contributed by atoms with E-state index in [-0.39, 0.29) is 5.75 Å². The van der Waals surface area contributed by atoms with E-state index >= 15 is 0 Å². The number of rotatable bonds is 2. The van der Waals surface area contributed by atoms with Crippen molar-refractivity contribution < 1.29 is 9.84 Å². The number of methoxy groups -OCH3 is 1. The molecule has 0 amide bonds. The molecule has 0 fully saturated rings. The van der Waals surface area contributed by atoms with Crippen molar-refractivity contribution in [2.24, 2.45) is 0 Å². The first-order valence-electron chi connectivity index (χ1n) is 4.92. The van der Waals surface area contributed by atoms with Gasteiger partial charge in [-0.05, 0) is 13.0 Å². The molecule has 0 aliphatic rings. The number of aromatic amines is 1. The molecule has 1 heterocycles. The van der Waals surface area contributed by atoms with Crippen LogP contribution in [0.2, 0.25) is 0 Å². The number of benzene rings is 1. The van der Waals surface area contributed by atoms with Crippen LogP contribution in [0.5, 0.6) is 11.5 Å². The Hall–Kier alpha value is -1.69. The average molecular weight is 298 g/mol. The number of nitrogens with zero attached hydrogens (tertiary/aromatic N) is 1. The maximum Gasteiger partial charge on any atom is 0.167 e. The van der Waals surface area contributed by atoms with Crippen molar-refractivity contribution in [2.75, 3.05) is 12.8 Å². The van der Waals surface area contributed by atoms with Crippen LogP contribution in [0, 0.1) is 6.92 Å². The summed E-state index contributed by atoms with van der Waals surface area (Å²) in [5.74, 6) is 0.870. The molecular formula is C11H12BrN3O2. The van der Waals surface area contributed by atoms with Gasteiger partial charge in [0.05, 0.1) is 12.8 Å². The molecule has 6 heteroatoms. The molecule has 2 aromatic rings. The minimum atomic E-state index is 0.0665. The minimum absolute atomic E-state index is 0.0665. The highest BCUT2D eigenvalue weighted by Crippen LogP contribution is 2.42. The lowest BCUT2D eigenvalue weighted by Crippen LogP contribution is -1.92. The second kappa shape index (κ2) is 4.29. The Morgan fingerprint density at radius 2 is 2.18 bits per heavy atom. The molecule has 5 nitrogen and oxygen atoms in total. The van der Waals surface area contributed by atoms with E-state index in [4.69, 9.17) is 10.5 Å². The molecule has 0 saturated carbocycles. The largest absolute Gasteiger partial charge is 0.504 e. The number of halogens is 1. The predicted octanol–water partition coefficient (Wildman–Crippen LogP) is 2.44. The van der Waals surface area contributed by atoms with Crippen molar-refractivity contribution in [3.63, 3.8) is 0 Å². The van der Waals surface area contributed by atoms with Gasteiger partial charge in [-0.2, -0.15) is 5.10 Å². The van der Waals surface area contributed by atoms with E-state index in [1.165, 1.54) is 7.11 Å². The van der Waals surface area contributed by atoms with Gasteiger partial charge in [0.25, 0.3) is 0 Å². The number of aromatic hydroxyl groups is 1. The molecule has 1 aromatic carbocycles. The van der Waals surface area contributed by atoms with Crippen molar-refractivity contribution in [3.05, 3.63) is 22.2 Å². The number of hydrogen-bond acceptors (Lipinski definition) is 4. The van der Waals surface area contributed by atoms with E-state index in [2.05, 4.69) is 26.1 Å². The van der Waals surface area contributed by atoms with E-state index in [9.17, 15) is 5.11 Å². The summed E-state index contributed by atoms with van der Waals surface area (Å²) in [6.07, 6.45) is 0. The minimum Gasteiger partial charge on any atom is -0.504 e. The maximum absolute atomic E-state index is 10.1. The third kappa shape index (κ3) is 1.95. The van der Waals surface area contributed by atoms with Crippen molar-refractivity contribution in [1.29, 1.82) is 0 Å². The lowest BCUT2D eigenvalue weighted by atomic mass is 10.1. The zero-order chi connectivity index (χ0) is 12.6. The van der Waals surface area contributed by atoms with Crippen LogP contribution < -0.4 is 10.5 Å². The number of phenolic OH excluding ortho intramolecular Hbond substituents is 1. The van der Waals surface area contributed by atoms with Gasteiger partial charge in [0.15, 0.2) is 11.5 Å². The van der Waals surface area contributed by atoms with Crippen molar-refractivity contribution in [3.8, 4) is 22.8 Å². The SMILES string of the molecule is COc1c(C)c(Br)cc(-c2cc(N)n[nH]2)c1O. The average Bonchev–Trinajstić information content (AvgIpc) is 2.71. The van der Waals surface area contributed by atoms with Gasteiger partial charge in [-0.3, -0.25) is 5.10 Å². The van der Waals surface area contributed by atoms with Gasteiger partial charge >= 0.3 is 0 Å². The van der Waals surface area contributed by atoms with Crippen molar-refractivity contribution in [2.45, 2.75) is 6.92 Å². The Labute approximate surface area is 107 Å². The zero-order valence-corrected chi connectivity index (χ0v) is 11.0.